The Morgan fingerprint density at radius 3 is 2.48 bits per heavy atom. The smallest absolute Gasteiger partial charge is 0.393 e. The zero-order valence-corrected chi connectivity index (χ0v) is 18.0. The largest absolute Gasteiger partial charge is 0.417 e. The second-order valence-corrected chi connectivity index (χ2v) is 8.19. The van der Waals surface area contributed by atoms with E-state index in [4.69, 9.17) is 9.84 Å². The van der Waals surface area contributed by atoms with Gasteiger partial charge in [0.1, 0.15) is 12.2 Å². The number of rotatable bonds is 5. The van der Waals surface area contributed by atoms with E-state index in [1.54, 1.807) is 0 Å². The van der Waals surface area contributed by atoms with Crippen molar-refractivity contribution in [1.82, 2.24) is 4.98 Å². The standard InChI is InChI=1S/C22H23F5N2O4/c1-10-13(5-6-14(23)18(10)24)17-11(2)21(3,22(25,26)27)33-19(17)20(32)29-12-4-7-15(28-8-12)16(31)9-30/h4-8,11,16-17,19,30-31H,9H2,1-3H3,(H,29,32)/t11-,16+,17+,19-,21+/m1/s1. The molecule has 11 heteroatoms. The van der Waals surface area contributed by atoms with Crippen molar-refractivity contribution < 1.29 is 41.7 Å². The lowest BCUT2D eigenvalue weighted by molar-refractivity contribution is -0.272. The SMILES string of the molecule is Cc1c([C@@H]2[C@@H](C)[C@@](C)(C(F)(F)F)O[C@H]2C(=O)Nc2ccc([C@@H](O)CO)nc2)ccc(F)c1F. The van der Waals surface area contributed by atoms with Crippen molar-refractivity contribution in [2.45, 2.75) is 50.7 Å². The number of benzene rings is 1. The molecule has 0 saturated carbocycles. The summed E-state index contributed by atoms with van der Waals surface area (Å²) in [5.41, 5.74) is -2.66. The summed E-state index contributed by atoms with van der Waals surface area (Å²) in [7, 11) is 0. The summed E-state index contributed by atoms with van der Waals surface area (Å²) < 4.78 is 74.8. The summed E-state index contributed by atoms with van der Waals surface area (Å²) in [5.74, 6) is -5.83. The predicted octanol–water partition coefficient (Wildman–Crippen LogP) is 3.77. The van der Waals surface area contributed by atoms with Crippen molar-refractivity contribution >= 4 is 11.6 Å². The van der Waals surface area contributed by atoms with Gasteiger partial charge in [0.25, 0.3) is 5.91 Å². The number of amides is 1. The number of alkyl halides is 3. The summed E-state index contributed by atoms with van der Waals surface area (Å²) in [4.78, 5) is 16.9. The lowest BCUT2D eigenvalue weighted by Gasteiger charge is -2.32. The molecule has 1 aromatic heterocycles. The number of ether oxygens (including phenoxy) is 1. The molecular weight excluding hydrogens is 451 g/mol. The molecule has 1 saturated heterocycles. The second kappa shape index (κ2) is 8.96. The lowest BCUT2D eigenvalue weighted by Crippen LogP contribution is -2.47. The van der Waals surface area contributed by atoms with Gasteiger partial charge in [-0.25, -0.2) is 8.78 Å². The number of nitrogens with one attached hydrogen (secondary N) is 1. The molecule has 5 atom stereocenters. The molecule has 0 spiro atoms. The van der Waals surface area contributed by atoms with Crippen molar-refractivity contribution in [2.75, 3.05) is 11.9 Å². The number of halogens is 5. The van der Waals surface area contributed by atoms with E-state index in [1.165, 1.54) is 26.0 Å². The summed E-state index contributed by atoms with van der Waals surface area (Å²) in [6, 6.07) is 4.63. The average Bonchev–Trinajstić information content (AvgIpc) is 3.04. The predicted molar refractivity (Wildman–Crippen MR) is 107 cm³/mol. The topological polar surface area (TPSA) is 91.7 Å². The third-order valence-electron chi connectivity index (χ3n) is 6.24. The van der Waals surface area contributed by atoms with Crippen molar-refractivity contribution in [1.29, 1.82) is 0 Å². The van der Waals surface area contributed by atoms with Gasteiger partial charge in [-0.3, -0.25) is 9.78 Å². The van der Waals surface area contributed by atoms with E-state index in [1.807, 2.05) is 0 Å². The number of nitrogens with zero attached hydrogens (tertiary/aromatic N) is 1. The first kappa shape index (κ1) is 25.0. The van der Waals surface area contributed by atoms with Crippen LogP contribution in [0, 0.1) is 24.5 Å². The first-order valence-electron chi connectivity index (χ1n) is 10.1. The molecule has 180 valence electrons. The molecule has 0 aliphatic carbocycles. The van der Waals surface area contributed by atoms with Crippen LogP contribution in [0.25, 0.3) is 0 Å². The monoisotopic (exact) mass is 474 g/mol. The molecule has 33 heavy (non-hydrogen) atoms. The van der Waals surface area contributed by atoms with E-state index in [0.717, 1.165) is 25.3 Å². The zero-order valence-electron chi connectivity index (χ0n) is 18.0. The zero-order chi connectivity index (χ0) is 24.7. The number of aliphatic hydroxyl groups is 2. The summed E-state index contributed by atoms with van der Waals surface area (Å²) in [6.07, 6.45) is -6.58. The van der Waals surface area contributed by atoms with E-state index in [9.17, 15) is 31.9 Å². The normalized spacial score (nSPS) is 26.3. The number of aromatic nitrogens is 1. The molecule has 1 aromatic carbocycles. The van der Waals surface area contributed by atoms with Gasteiger partial charge in [-0.15, -0.1) is 0 Å². The van der Waals surface area contributed by atoms with Gasteiger partial charge >= 0.3 is 6.18 Å². The highest BCUT2D eigenvalue weighted by Gasteiger charge is 2.65. The van der Waals surface area contributed by atoms with Gasteiger partial charge < -0.3 is 20.3 Å². The van der Waals surface area contributed by atoms with Gasteiger partial charge in [0.15, 0.2) is 17.2 Å². The quantitative estimate of drug-likeness (QED) is 0.574. The fourth-order valence-corrected chi connectivity index (χ4v) is 4.03. The third kappa shape index (κ3) is 4.44. The number of carbonyl (C=O) groups is 1. The summed E-state index contributed by atoms with van der Waals surface area (Å²) >= 11 is 0. The number of anilines is 1. The Labute approximate surface area is 186 Å². The minimum Gasteiger partial charge on any atom is -0.393 e. The van der Waals surface area contributed by atoms with Crippen LogP contribution in [-0.2, 0) is 9.53 Å². The molecular formula is C22H23F5N2O4. The van der Waals surface area contributed by atoms with Crippen LogP contribution in [0.15, 0.2) is 30.5 Å². The van der Waals surface area contributed by atoms with E-state index in [0.29, 0.717) is 0 Å². The maximum absolute atomic E-state index is 14.2. The molecule has 6 nitrogen and oxygen atoms in total. The Morgan fingerprint density at radius 1 is 1.27 bits per heavy atom. The minimum atomic E-state index is -4.84. The molecule has 3 rings (SSSR count). The van der Waals surface area contributed by atoms with Crippen LogP contribution in [0.1, 0.15) is 42.7 Å². The van der Waals surface area contributed by atoms with Gasteiger partial charge in [-0.2, -0.15) is 13.2 Å². The van der Waals surface area contributed by atoms with Gasteiger partial charge in [0.05, 0.1) is 24.2 Å². The van der Waals surface area contributed by atoms with Crippen LogP contribution in [0.4, 0.5) is 27.6 Å². The van der Waals surface area contributed by atoms with Crippen molar-refractivity contribution in [3.63, 3.8) is 0 Å². The van der Waals surface area contributed by atoms with Gasteiger partial charge in [0.2, 0.25) is 0 Å². The molecule has 1 aliphatic heterocycles. The molecule has 0 radical (unpaired) electrons. The van der Waals surface area contributed by atoms with Crippen LogP contribution in [0.5, 0.6) is 0 Å². The molecule has 1 fully saturated rings. The van der Waals surface area contributed by atoms with E-state index in [2.05, 4.69) is 10.3 Å². The number of aliphatic hydroxyl groups excluding tert-OH is 2. The highest BCUT2D eigenvalue weighted by molar-refractivity contribution is 5.95. The van der Waals surface area contributed by atoms with Gasteiger partial charge in [-0.05, 0) is 43.2 Å². The molecule has 1 amide bonds. The molecule has 1 aliphatic rings. The number of carbonyl (C=O) groups excluding carboxylic acids is 1. The van der Waals surface area contributed by atoms with Crippen molar-refractivity contribution in [2.24, 2.45) is 5.92 Å². The lowest BCUT2D eigenvalue weighted by atomic mass is 9.76. The highest BCUT2D eigenvalue weighted by Crippen LogP contribution is 2.54. The Hall–Kier alpha value is -2.63. The van der Waals surface area contributed by atoms with Crippen LogP contribution in [-0.4, -0.2) is 45.6 Å². The van der Waals surface area contributed by atoms with Gasteiger partial charge in [-0.1, -0.05) is 13.0 Å². The van der Waals surface area contributed by atoms with Crippen molar-refractivity contribution in [3.05, 3.63) is 58.9 Å². The van der Waals surface area contributed by atoms with E-state index >= 15 is 0 Å². The minimum absolute atomic E-state index is 0.0362. The Bertz CT molecular complexity index is 1030. The van der Waals surface area contributed by atoms with Gasteiger partial charge in [0, 0.05) is 11.8 Å². The average molecular weight is 474 g/mol. The first-order valence-corrected chi connectivity index (χ1v) is 10.1. The highest BCUT2D eigenvalue weighted by atomic mass is 19.4. The summed E-state index contributed by atoms with van der Waals surface area (Å²) in [6.45, 7) is 2.73. The Kier molecular flexibility index (Phi) is 6.79. The molecule has 0 unspecified atom stereocenters. The molecule has 2 heterocycles. The number of hydrogen-bond donors (Lipinski definition) is 3. The first-order chi connectivity index (χ1) is 15.3. The number of hydrogen-bond acceptors (Lipinski definition) is 5. The van der Waals surface area contributed by atoms with Crippen LogP contribution in [0.3, 0.4) is 0 Å². The number of pyridine rings is 1. The van der Waals surface area contributed by atoms with E-state index in [-0.39, 0.29) is 22.5 Å². The van der Waals surface area contributed by atoms with Crippen LogP contribution < -0.4 is 5.32 Å². The Morgan fingerprint density at radius 2 is 1.94 bits per heavy atom. The summed E-state index contributed by atoms with van der Waals surface area (Å²) in [5, 5.41) is 21.0. The third-order valence-corrected chi connectivity index (χ3v) is 6.24. The molecule has 3 N–H and O–H groups in total. The fraction of sp³-hybridized carbons (Fsp3) is 0.455. The Balaban J connectivity index is 1.98. The molecule has 2 aromatic rings. The van der Waals surface area contributed by atoms with Crippen molar-refractivity contribution in [3.8, 4) is 0 Å². The second-order valence-electron chi connectivity index (χ2n) is 8.19. The maximum Gasteiger partial charge on any atom is 0.417 e. The van der Waals surface area contributed by atoms with Crippen LogP contribution >= 0.6 is 0 Å². The fourth-order valence-electron chi connectivity index (χ4n) is 4.03. The molecule has 0 bridgehead atoms. The maximum atomic E-state index is 14.2. The van der Waals surface area contributed by atoms with E-state index < -0.39 is 60.0 Å². The van der Waals surface area contributed by atoms with Crippen LogP contribution in [0.2, 0.25) is 0 Å².